The maximum atomic E-state index is 10.6. The highest BCUT2D eigenvalue weighted by Crippen LogP contribution is 2.33. The molecule has 2 heterocycles. The minimum absolute atomic E-state index is 0.122. The molecule has 0 aromatic carbocycles. The Bertz CT molecular complexity index is 598. The van der Waals surface area contributed by atoms with Crippen LogP contribution in [-0.4, -0.2) is 28.3 Å². The van der Waals surface area contributed by atoms with Gasteiger partial charge in [-0.25, -0.2) is 4.98 Å². The van der Waals surface area contributed by atoms with Crippen molar-refractivity contribution in [3.05, 3.63) is 53.5 Å². The third kappa shape index (κ3) is 3.05. The molecule has 2 atom stereocenters. The molecule has 4 nitrogen and oxygen atoms in total. The zero-order valence-corrected chi connectivity index (χ0v) is 12.2. The first-order valence-electron chi connectivity index (χ1n) is 7.38. The van der Waals surface area contributed by atoms with Gasteiger partial charge in [0.2, 0.25) is 5.88 Å². The van der Waals surface area contributed by atoms with E-state index in [9.17, 15) is 5.11 Å². The van der Waals surface area contributed by atoms with Gasteiger partial charge in [-0.05, 0) is 36.5 Å². The molecule has 3 rings (SSSR count). The lowest BCUT2D eigenvalue weighted by Crippen LogP contribution is -2.26. The van der Waals surface area contributed by atoms with E-state index in [2.05, 4.69) is 16.0 Å². The molecule has 110 valence electrons. The molecule has 0 amide bonds. The van der Waals surface area contributed by atoms with Gasteiger partial charge in [0, 0.05) is 36.5 Å². The van der Waals surface area contributed by atoms with Crippen LogP contribution in [0.1, 0.15) is 35.6 Å². The second-order valence-corrected chi connectivity index (χ2v) is 5.53. The van der Waals surface area contributed by atoms with E-state index in [0.717, 1.165) is 30.5 Å². The van der Waals surface area contributed by atoms with Gasteiger partial charge in [-0.3, -0.25) is 4.98 Å². The number of nitrogens with zero attached hydrogens (tertiary/aromatic N) is 2. The molecule has 1 aliphatic rings. The summed E-state index contributed by atoms with van der Waals surface area (Å²) >= 11 is 0. The number of hydrogen-bond acceptors (Lipinski definition) is 4. The molecule has 0 saturated heterocycles. The maximum absolute atomic E-state index is 10.6. The number of methoxy groups -OCH3 is 1. The zero-order valence-electron chi connectivity index (χ0n) is 12.2. The molecule has 0 radical (unpaired) electrons. The quantitative estimate of drug-likeness (QED) is 0.937. The Labute approximate surface area is 124 Å². The first kappa shape index (κ1) is 14.0. The van der Waals surface area contributed by atoms with Crippen LogP contribution in [0.15, 0.2) is 36.7 Å². The van der Waals surface area contributed by atoms with Gasteiger partial charge in [0.1, 0.15) is 0 Å². The summed E-state index contributed by atoms with van der Waals surface area (Å²) in [7, 11) is 1.60. The predicted octanol–water partition coefficient (Wildman–Crippen LogP) is 2.51. The highest BCUT2D eigenvalue weighted by atomic mass is 16.5. The van der Waals surface area contributed by atoms with Gasteiger partial charge < -0.3 is 9.84 Å². The average molecular weight is 284 g/mol. The van der Waals surface area contributed by atoms with Crippen LogP contribution in [0, 0.1) is 0 Å². The number of aromatic nitrogens is 2. The summed E-state index contributed by atoms with van der Waals surface area (Å²) in [5.41, 5.74) is 3.37. The van der Waals surface area contributed by atoms with Crippen molar-refractivity contribution < 1.29 is 9.84 Å². The Balaban J connectivity index is 1.75. The minimum Gasteiger partial charge on any atom is -0.481 e. The van der Waals surface area contributed by atoms with E-state index < -0.39 is 6.10 Å². The van der Waals surface area contributed by atoms with Crippen molar-refractivity contribution >= 4 is 0 Å². The van der Waals surface area contributed by atoms with Crippen molar-refractivity contribution in [3.8, 4) is 5.88 Å². The Morgan fingerprint density at radius 1 is 1.33 bits per heavy atom. The summed E-state index contributed by atoms with van der Waals surface area (Å²) in [4.78, 5) is 8.69. The number of fused-ring (bicyclic) bond motifs is 1. The second-order valence-electron chi connectivity index (χ2n) is 5.53. The molecule has 0 saturated carbocycles. The predicted molar refractivity (Wildman–Crippen MR) is 80.4 cm³/mol. The third-order valence-electron chi connectivity index (χ3n) is 4.15. The fourth-order valence-electron chi connectivity index (χ4n) is 3.06. The molecule has 2 aromatic heterocycles. The van der Waals surface area contributed by atoms with Gasteiger partial charge in [0.15, 0.2) is 0 Å². The van der Waals surface area contributed by atoms with Gasteiger partial charge in [0.25, 0.3) is 0 Å². The highest BCUT2D eigenvalue weighted by Gasteiger charge is 2.27. The zero-order chi connectivity index (χ0) is 14.7. The number of pyridine rings is 2. The molecule has 2 unspecified atom stereocenters. The van der Waals surface area contributed by atoms with Crippen LogP contribution in [0.4, 0.5) is 0 Å². The molecule has 0 spiro atoms. The van der Waals surface area contributed by atoms with Crippen molar-refractivity contribution in [3.63, 3.8) is 0 Å². The lowest BCUT2D eigenvalue weighted by molar-refractivity contribution is 0.132. The summed E-state index contributed by atoms with van der Waals surface area (Å²) in [5, 5.41) is 10.6. The van der Waals surface area contributed by atoms with Crippen LogP contribution in [0.5, 0.6) is 5.88 Å². The SMILES string of the molecule is COc1ccc(CC(O)C2CCCc3cccnc32)cn1. The van der Waals surface area contributed by atoms with Crippen LogP contribution in [0.3, 0.4) is 0 Å². The summed E-state index contributed by atoms with van der Waals surface area (Å²) in [5.74, 6) is 0.718. The Morgan fingerprint density at radius 3 is 3.00 bits per heavy atom. The highest BCUT2D eigenvalue weighted by molar-refractivity contribution is 5.28. The first-order chi connectivity index (χ1) is 10.3. The maximum Gasteiger partial charge on any atom is 0.212 e. The number of hydrogen-bond donors (Lipinski definition) is 1. The van der Waals surface area contributed by atoms with Crippen LogP contribution in [-0.2, 0) is 12.8 Å². The molecule has 4 heteroatoms. The molecule has 21 heavy (non-hydrogen) atoms. The molecule has 0 fully saturated rings. The summed E-state index contributed by atoms with van der Waals surface area (Å²) in [6.45, 7) is 0. The smallest absolute Gasteiger partial charge is 0.212 e. The van der Waals surface area contributed by atoms with Gasteiger partial charge in [-0.2, -0.15) is 0 Å². The van der Waals surface area contributed by atoms with Gasteiger partial charge in [-0.15, -0.1) is 0 Å². The molecule has 1 N–H and O–H groups in total. The number of rotatable bonds is 4. The van der Waals surface area contributed by atoms with E-state index in [-0.39, 0.29) is 5.92 Å². The molecular formula is C17H20N2O2. The van der Waals surface area contributed by atoms with Crippen molar-refractivity contribution in [2.75, 3.05) is 7.11 Å². The Morgan fingerprint density at radius 2 is 2.24 bits per heavy atom. The van der Waals surface area contributed by atoms with Crippen molar-refractivity contribution in [2.45, 2.75) is 37.7 Å². The van der Waals surface area contributed by atoms with E-state index in [1.54, 1.807) is 13.3 Å². The normalized spacial score (nSPS) is 18.9. The average Bonchev–Trinajstić information content (AvgIpc) is 2.55. The third-order valence-corrected chi connectivity index (χ3v) is 4.15. The molecular weight excluding hydrogens is 264 g/mol. The fraction of sp³-hybridized carbons (Fsp3) is 0.412. The van der Waals surface area contributed by atoms with Crippen molar-refractivity contribution in [2.24, 2.45) is 0 Å². The second kappa shape index (κ2) is 6.22. The number of aliphatic hydroxyl groups is 1. The van der Waals surface area contributed by atoms with E-state index in [4.69, 9.17) is 4.74 Å². The number of aliphatic hydroxyl groups excluding tert-OH is 1. The molecule has 2 aromatic rings. The Hall–Kier alpha value is -1.94. The van der Waals surface area contributed by atoms with Crippen molar-refractivity contribution in [1.82, 2.24) is 9.97 Å². The monoisotopic (exact) mass is 284 g/mol. The Kier molecular flexibility index (Phi) is 4.15. The molecule has 1 aliphatic carbocycles. The van der Waals surface area contributed by atoms with Crippen LogP contribution >= 0.6 is 0 Å². The lowest BCUT2D eigenvalue weighted by atomic mass is 9.81. The van der Waals surface area contributed by atoms with Crippen LogP contribution in [0.25, 0.3) is 0 Å². The number of ether oxygens (including phenoxy) is 1. The molecule has 0 bridgehead atoms. The van der Waals surface area contributed by atoms with Crippen molar-refractivity contribution in [1.29, 1.82) is 0 Å². The standard InChI is InChI=1S/C17H20N2O2/c1-21-16-8-7-12(11-19-16)10-15(20)14-6-2-4-13-5-3-9-18-17(13)14/h3,5,7-9,11,14-15,20H,2,4,6,10H2,1H3. The summed E-state index contributed by atoms with van der Waals surface area (Å²) in [6, 6.07) is 7.88. The minimum atomic E-state index is -0.422. The van der Waals surface area contributed by atoms with Gasteiger partial charge in [-0.1, -0.05) is 12.1 Å². The van der Waals surface area contributed by atoms with E-state index in [1.807, 2.05) is 24.4 Å². The van der Waals surface area contributed by atoms with E-state index in [1.165, 1.54) is 5.56 Å². The lowest BCUT2D eigenvalue weighted by Gasteiger charge is -2.28. The topological polar surface area (TPSA) is 55.2 Å². The summed E-state index contributed by atoms with van der Waals surface area (Å²) < 4.78 is 5.05. The van der Waals surface area contributed by atoms with Gasteiger partial charge >= 0.3 is 0 Å². The fourth-order valence-corrected chi connectivity index (χ4v) is 3.06. The number of aryl methyl sites for hydroxylation is 1. The van der Waals surface area contributed by atoms with Gasteiger partial charge in [0.05, 0.1) is 13.2 Å². The first-order valence-corrected chi connectivity index (χ1v) is 7.38. The molecule has 0 aliphatic heterocycles. The largest absolute Gasteiger partial charge is 0.481 e. The van der Waals surface area contributed by atoms with Crippen LogP contribution in [0.2, 0.25) is 0 Å². The van der Waals surface area contributed by atoms with Crippen LogP contribution < -0.4 is 4.74 Å². The van der Waals surface area contributed by atoms with E-state index >= 15 is 0 Å². The summed E-state index contributed by atoms with van der Waals surface area (Å²) in [6.07, 6.45) is 6.93. The van der Waals surface area contributed by atoms with E-state index in [0.29, 0.717) is 12.3 Å².